The van der Waals surface area contributed by atoms with E-state index < -0.39 is 0 Å². The monoisotopic (exact) mass is 258 g/mol. The molecule has 4 nitrogen and oxygen atoms in total. The van der Waals surface area contributed by atoms with E-state index in [1.165, 1.54) is 0 Å². The molecule has 2 N–H and O–H groups in total. The molecule has 0 fully saturated rings. The number of ether oxygens (including phenoxy) is 2. The summed E-state index contributed by atoms with van der Waals surface area (Å²) in [7, 11) is 0. The lowest BCUT2D eigenvalue weighted by Crippen LogP contribution is -2.10. The van der Waals surface area contributed by atoms with E-state index in [1.54, 1.807) is 6.20 Å². The maximum absolute atomic E-state index is 5.61. The molecule has 1 aromatic heterocycles. The van der Waals surface area contributed by atoms with Gasteiger partial charge in [0.25, 0.3) is 0 Å². The molecule has 2 rings (SSSR count). The van der Waals surface area contributed by atoms with Crippen LogP contribution in [0.15, 0.2) is 42.6 Å². The summed E-state index contributed by atoms with van der Waals surface area (Å²) in [6.07, 6.45) is 1.75. The van der Waals surface area contributed by atoms with E-state index in [0.717, 1.165) is 22.8 Å². The number of benzene rings is 1. The van der Waals surface area contributed by atoms with Gasteiger partial charge in [-0.2, -0.15) is 0 Å². The summed E-state index contributed by atoms with van der Waals surface area (Å²) in [6, 6.07) is 11.5. The Kier molecular flexibility index (Phi) is 4.75. The number of rotatable bonds is 6. The van der Waals surface area contributed by atoms with Gasteiger partial charge in [0.1, 0.15) is 24.7 Å². The molecule has 0 aliphatic rings. The minimum absolute atomic E-state index is 0.486. The van der Waals surface area contributed by atoms with Gasteiger partial charge < -0.3 is 15.2 Å². The predicted octanol–water partition coefficient (Wildman–Crippen LogP) is 2.31. The predicted molar refractivity (Wildman–Crippen MR) is 74.3 cm³/mol. The molecule has 1 aromatic carbocycles. The largest absolute Gasteiger partial charge is 0.490 e. The van der Waals surface area contributed by atoms with Crippen molar-refractivity contribution < 1.29 is 9.47 Å². The fraction of sp³-hybridized carbons (Fsp3) is 0.267. The molecule has 0 aliphatic carbocycles. The minimum atomic E-state index is 0.486. The molecule has 0 spiro atoms. The van der Waals surface area contributed by atoms with E-state index in [9.17, 15) is 0 Å². The second-order valence-corrected chi connectivity index (χ2v) is 4.14. The lowest BCUT2D eigenvalue weighted by Gasteiger charge is -2.10. The highest BCUT2D eigenvalue weighted by molar-refractivity contribution is 5.28. The first-order valence-electron chi connectivity index (χ1n) is 6.26. The van der Waals surface area contributed by atoms with Crippen molar-refractivity contribution in [3.8, 4) is 11.5 Å². The van der Waals surface area contributed by atoms with Crippen molar-refractivity contribution in [3.05, 3.63) is 53.9 Å². The normalized spacial score (nSPS) is 10.2. The zero-order valence-corrected chi connectivity index (χ0v) is 11.0. The van der Waals surface area contributed by atoms with Gasteiger partial charge in [-0.1, -0.05) is 12.1 Å². The van der Waals surface area contributed by atoms with E-state index >= 15 is 0 Å². The molecule has 19 heavy (non-hydrogen) atoms. The molecule has 100 valence electrons. The molecule has 0 unspecified atom stereocenters. The number of aromatic nitrogens is 1. The zero-order chi connectivity index (χ0) is 13.5. The lowest BCUT2D eigenvalue weighted by atomic mass is 10.2. The van der Waals surface area contributed by atoms with E-state index in [-0.39, 0.29) is 0 Å². The van der Waals surface area contributed by atoms with Gasteiger partial charge in [0.15, 0.2) is 0 Å². The molecule has 0 bridgehead atoms. The quantitative estimate of drug-likeness (QED) is 0.808. The summed E-state index contributed by atoms with van der Waals surface area (Å²) < 4.78 is 11.2. The number of hydrogen-bond donors (Lipinski definition) is 1. The molecule has 4 heteroatoms. The van der Waals surface area contributed by atoms with Crippen LogP contribution < -0.4 is 15.2 Å². The van der Waals surface area contributed by atoms with Crippen molar-refractivity contribution in [3.63, 3.8) is 0 Å². The van der Waals surface area contributed by atoms with Gasteiger partial charge in [-0.05, 0) is 36.8 Å². The maximum atomic E-state index is 5.61. The van der Waals surface area contributed by atoms with E-state index in [1.807, 2.05) is 43.3 Å². The van der Waals surface area contributed by atoms with Crippen molar-refractivity contribution in [1.29, 1.82) is 0 Å². The van der Waals surface area contributed by atoms with E-state index in [0.29, 0.717) is 19.8 Å². The van der Waals surface area contributed by atoms with Gasteiger partial charge >= 0.3 is 0 Å². The van der Waals surface area contributed by atoms with Crippen LogP contribution in [0.2, 0.25) is 0 Å². The molecule has 0 amide bonds. The highest BCUT2D eigenvalue weighted by Crippen LogP contribution is 2.15. The molecule has 1 heterocycles. The standard InChI is InChI=1S/C15H18N2O2/c1-12-15(6-3-7-17-12)19-9-8-18-14-5-2-4-13(10-14)11-16/h2-7,10H,8-9,11,16H2,1H3. The molecule has 0 atom stereocenters. The van der Waals surface area contributed by atoms with Gasteiger partial charge in [0.2, 0.25) is 0 Å². The van der Waals surface area contributed by atoms with Gasteiger partial charge in [0, 0.05) is 12.7 Å². The fourth-order valence-electron chi connectivity index (χ4n) is 1.70. The van der Waals surface area contributed by atoms with E-state index in [4.69, 9.17) is 15.2 Å². The van der Waals surface area contributed by atoms with Crippen molar-refractivity contribution >= 4 is 0 Å². The Morgan fingerprint density at radius 1 is 1.11 bits per heavy atom. The van der Waals surface area contributed by atoms with Crippen LogP contribution in [-0.2, 0) is 6.54 Å². The van der Waals surface area contributed by atoms with Gasteiger partial charge in [-0.15, -0.1) is 0 Å². The molecule has 0 saturated heterocycles. The number of nitrogens with zero attached hydrogens (tertiary/aromatic N) is 1. The molecule has 0 saturated carbocycles. The molecule has 0 aliphatic heterocycles. The van der Waals surface area contributed by atoms with Crippen LogP contribution in [-0.4, -0.2) is 18.2 Å². The van der Waals surface area contributed by atoms with Crippen LogP contribution >= 0.6 is 0 Å². The molecular weight excluding hydrogens is 240 g/mol. The minimum Gasteiger partial charge on any atom is -0.490 e. The second kappa shape index (κ2) is 6.75. The van der Waals surface area contributed by atoms with Crippen molar-refractivity contribution in [1.82, 2.24) is 4.98 Å². The first-order chi connectivity index (χ1) is 9.29. The van der Waals surface area contributed by atoms with Gasteiger partial charge in [-0.3, -0.25) is 4.98 Å². The van der Waals surface area contributed by atoms with Crippen molar-refractivity contribution in [2.24, 2.45) is 5.73 Å². The fourth-order valence-corrected chi connectivity index (χ4v) is 1.70. The summed E-state index contributed by atoms with van der Waals surface area (Å²) in [6.45, 7) is 3.41. The number of nitrogens with two attached hydrogens (primary N) is 1. The average Bonchev–Trinajstić information content (AvgIpc) is 2.45. The first-order valence-corrected chi connectivity index (χ1v) is 6.26. The van der Waals surface area contributed by atoms with Crippen LogP contribution in [0, 0.1) is 6.92 Å². The van der Waals surface area contributed by atoms with Gasteiger partial charge in [-0.25, -0.2) is 0 Å². The Bertz CT molecular complexity index is 529. The summed E-state index contributed by atoms with van der Waals surface area (Å²) >= 11 is 0. The van der Waals surface area contributed by atoms with Crippen molar-refractivity contribution in [2.45, 2.75) is 13.5 Å². The number of hydrogen-bond acceptors (Lipinski definition) is 4. The Labute approximate surface area is 113 Å². The molecule has 0 radical (unpaired) electrons. The second-order valence-electron chi connectivity index (χ2n) is 4.14. The SMILES string of the molecule is Cc1ncccc1OCCOc1cccc(CN)c1. The third-order valence-corrected chi connectivity index (χ3v) is 2.70. The Morgan fingerprint density at radius 2 is 1.95 bits per heavy atom. The Hall–Kier alpha value is -2.07. The summed E-state index contributed by atoms with van der Waals surface area (Å²) in [5.41, 5.74) is 7.52. The van der Waals surface area contributed by atoms with Crippen LogP contribution in [0.5, 0.6) is 11.5 Å². The van der Waals surface area contributed by atoms with Crippen LogP contribution in [0.3, 0.4) is 0 Å². The highest BCUT2D eigenvalue weighted by Gasteiger charge is 1.99. The van der Waals surface area contributed by atoms with Gasteiger partial charge in [0.05, 0.1) is 5.69 Å². The topological polar surface area (TPSA) is 57.4 Å². The maximum Gasteiger partial charge on any atom is 0.140 e. The van der Waals surface area contributed by atoms with E-state index in [2.05, 4.69) is 4.98 Å². The summed E-state index contributed by atoms with van der Waals surface area (Å²) in [5, 5.41) is 0. The van der Waals surface area contributed by atoms with Crippen LogP contribution in [0.4, 0.5) is 0 Å². The summed E-state index contributed by atoms with van der Waals surface area (Å²) in [5.74, 6) is 1.61. The first kappa shape index (κ1) is 13.4. The Morgan fingerprint density at radius 3 is 2.74 bits per heavy atom. The molecule has 2 aromatic rings. The van der Waals surface area contributed by atoms with Crippen LogP contribution in [0.25, 0.3) is 0 Å². The summed E-state index contributed by atoms with van der Waals surface area (Å²) in [4.78, 5) is 4.16. The Balaban J connectivity index is 1.79. The van der Waals surface area contributed by atoms with Crippen LogP contribution in [0.1, 0.15) is 11.3 Å². The average molecular weight is 258 g/mol. The highest BCUT2D eigenvalue weighted by atomic mass is 16.5. The third kappa shape index (κ3) is 3.96. The lowest BCUT2D eigenvalue weighted by molar-refractivity contribution is 0.215. The zero-order valence-electron chi connectivity index (χ0n) is 11.0. The van der Waals surface area contributed by atoms with Crippen molar-refractivity contribution in [2.75, 3.05) is 13.2 Å². The smallest absolute Gasteiger partial charge is 0.140 e. The number of aryl methyl sites for hydroxylation is 1. The number of pyridine rings is 1. The third-order valence-electron chi connectivity index (χ3n) is 2.70. The molecular formula is C15H18N2O2.